The fraction of sp³-hybridized carbons (Fsp3) is 0.280. The Labute approximate surface area is 193 Å². The summed E-state index contributed by atoms with van der Waals surface area (Å²) < 4.78 is 31.5. The van der Waals surface area contributed by atoms with E-state index in [1.165, 1.54) is 0 Å². The number of para-hydroxylation sites is 2. The van der Waals surface area contributed by atoms with Crippen LogP contribution in [0.5, 0.6) is 5.75 Å². The van der Waals surface area contributed by atoms with Crippen molar-refractivity contribution in [3.05, 3.63) is 83.2 Å². The average molecular weight is 467 g/mol. The highest BCUT2D eigenvalue weighted by Crippen LogP contribution is 2.29. The molecular weight excluding hydrogens is 440 g/mol. The summed E-state index contributed by atoms with van der Waals surface area (Å²) in [6.07, 6.45) is 0.548. The minimum absolute atomic E-state index is 0.0946. The van der Waals surface area contributed by atoms with Gasteiger partial charge in [0.2, 0.25) is 5.78 Å². The Morgan fingerprint density at radius 1 is 1.03 bits per heavy atom. The zero-order valence-corrected chi connectivity index (χ0v) is 19.4. The molecule has 0 bridgehead atoms. The maximum absolute atomic E-state index is 13.0. The van der Waals surface area contributed by atoms with E-state index >= 15 is 0 Å². The Kier molecular flexibility index (Phi) is 6.37. The van der Waals surface area contributed by atoms with Crippen LogP contribution in [0.15, 0.2) is 60.7 Å². The van der Waals surface area contributed by atoms with Gasteiger partial charge in [0.25, 0.3) is 5.91 Å². The van der Waals surface area contributed by atoms with E-state index in [1.54, 1.807) is 42.5 Å². The lowest BCUT2D eigenvalue weighted by Crippen LogP contribution is -2.18. The first-order valence-corrected chi connectivity index (χ1v) is 12.6. The van der Waals surface area contributed by atoms with Crippen LogP contribution in [0.25, 0.3) is 0 Å². The van der Waals surface area contributed by atoms with E-state index in [0.29, 0.717) is 29.0 Å². The zero-order chi connectivity index (χ0) is 23.6. The molecule has 1 aromatic heterocycles. The molecule has 7 nitrogen and oxygen atoms in total. The highest BCUT2D eigenvalue weighted by atomic mass is 32.2. The van der Waals surface area contributed by atoms with Crippen molar-refractivity contribution in [1.29, 1.82) is 0 Å². The fourth-order valence-corrected chi connectivity index (χ4v) is 6.02. The molecule has 1 N–H and O–H groups in total. The smallest absolute Gasteiger partial charge is 0.259 e. The van der Waals surface area contributed by atoms with Gasteiger partial charge in [-0.1, -0.05) is 30.3 Å². The first kappa shape index (κ1) is 22.8. The topological polar surface area (TPSA) is 94.5 Å². The van der Waals surface area contributed by atoms with Gasteiger partial charge in [-0.25, -0.2) is 8.42 Å². The number of nitrogens with one attached hydrogen (secondary N) is 1. The minimum atomic E-state index is -3.04. The second-order valence-electron chi connectivity index (χ2n) is 8.24. The zero-order valence-electron chi connectivity index (χ0n) is 18.6. The van der Waals surface area contributed by atoms with E-state index in [-0.39, 0.29) is 35.8 Å². The summed E-state index contributed by atoms with van der Waals surface area (Å²) in [6, 6.07) is 17.5. The van der Waals surface area contributed by atoms with Gasteiger partial charge in [0.1, 0.15) is 5.75 Å². The van der Waals surface area contributed by atoms with Crippen molar-refractivity contribution in [3.8, 4) is 5.75 Å². The van der Waals surface area contributed by atoms with Gasteiger partial charge < -0.3 is 14.6 Å². The third-order valence-corrected chi connectivity index (χ3v) is 7.63. The molecule has 8 heteroatoms. The number of rotatable bonds is 7. The fourth-order valence-electron chi connectivity index (χ4n) is 4.32. The van der Waals surface area contributed by atoms with Crippen LogP contribution in [0, 0.1) is 13.8 Å². The predicted octanol–water partition coefficient (Wildman–Crippen LogP) is 3.98. The van der Waals surface area contributed by atoms with Crippen LogP contribution in [0.3, 0.4) is 0 Å². The lowest BCUT2D eigenvalue weighted by Gasteiger charge is -2.16. The van der Waals surface area contributed by atoms with E-state index in [9.17, 15) is 18.0 Å². The summed E-state index contributed by atoms with van der Waals surface area (Å²) in [5.41, 5.74) is 3.08. The van der Waals surface area contributed by atoms with Crippen LogP contribution in [0.1, 0.15) is 44.6 Å². The minimum Gasteiger partial charge on any atom is -0.485 e. The Morgan fingerprint density at radius 3 is 2.42 bits per heavy atom. The van der Waals surface area contributed by atoms with Gasteiger partial charge in [0.15, 0.2) is 16.4 Å². The van der Waals surface area contributed by atoms with Gasteiger partial charge in [0, 0.05) is 28.7 Å². The summed E-state index contributed by atoms with van der Waals surface area (Å²) in [7, 11) is -3.04. The number of sulfone groups is 1. The van der Waals surface area contributed by atoms with E-state index in [2.05, 4.69) is 5.32 Å². The molecule has 1 amide bonds. The van der Waals surface area contributed by atoms with Crippen molar-refractivity contribution in [2.45, 2.75) is 26.3 Å². The normalized spacial score (nSPS) is 17.0. The Balaban J connectivity index is 1.48. The summed E-state index contributed by atoms with van der Waals surface area (Å²) in [4.78, 5) is 25.7. The van der Waals surface area contributed by atoms with Crippen molar-refractivity contribution >= 4 is 27.2 Å². The second-order valence-corrected chi connectivity index (χ2v) is 10.5. The Bertz CT molecular complexity index is 1300. The van der Waals surface area contributed by atoms with E-state index in [4.69, 9.17) is 4.74 Å². The first-order valence-electron chi connectivity index (χ1n) is 10.8. The molecule has 1 saturated heterocycles. The molecule has 0 saturated carbocycles. The summed E-state index contributed by atoms with van der Waals surface area (Å²) in [6.45, 7) is 3.47. The van der Waals surface area contributed by atoms with Crippen molar-refractivity contribution in [1.82, 2.24) is 4.57 Å². The number of benzene rings is 2. The predicted molar refractivity (Wildman–Crippen MR) is 127 cm³/mol. The summed E-state index contributed by atoms with van der Waals surface area (Å²) in [5, 5.41) is 2.82. The van der Waals surface area contributed by atoms with E-state index in [0.717, 1.165) is 11.4 Å². The van der Waals surface area contributed by atoms with Crippen LogP contribution in [0.2, 0.25) is 0 Å². The summed E-state index contributed by atoms with van der Waals surface area (Å²) >= 11 is 0. The highest BCUT2D eigenvalue weighted by molar-refractivity contribution is 7.91. The molecule has 3 aromatic rings. The lowest BCUT2D eigenvalue weighted by molar-refractivity contribution is 0.0913. The van der Waals surface area contributed by atoms with Crippen molar-refractivity contribution in [2.24, 2.45) is 0 Å². The highest BCUT2D eigenvalue weighted by Gasteiger charge is 2.31. The number of carbonyl (C=O) groups excluding carboxylic acids is 2. The largest absolute Gasteiger partial charge is 0.485 e. The molecule has 2 aromatic carbocycles. The molecule has 172 valence electrons. The monoisotopic (exact) mass is 466 g/mol. The number of amides is 1. The molecule has 33 heavy (non-hydrogen) atoms. The molecule has 1 unspecified atom stereocenters. The number of hydrogen-bond acceptors (Lipinski definition) is 5. The number of nitrogens with zero attached hydrogens (tertiary/aromatic N) is 1. The van der Waals surface area contributed by atoms with Gasteiger partial charge in [-0.3, -0.25) is 9.59 Å². The molecule has 1 fully saturated rings. The number of Topliss-reactive ketones (excluding diaryl/α,β-unsaturated/α-hetero) is 1. The number of aromatic nitrogens is 1. The molecule has 0 radical (unpaired) electrons. The third kappa shape index (κ3) is 5.01. The van der Waals surface area contributed by atoms with Crippen LogP contribution in [-0.4, -0.2) is 42.8 Å². The molecule has 0 spiro atoms. The molecule has 1 aliphatic heterocycles. The quantitative estimate of drug-likeness (QED) is 0.532. The van der Waals surface area contributed by atoms with E-state index < -0.39 is 9.84 Å². The maximum Gasteiger partial charge on any atom is 0.259 e. The van der Waals surface area contributed by atoms with Crippen molar-refractivity contribution < 1.29 is 22.7 Å². The number of ether oxygens (including phenoxy) is 1. The Hall–Kier alpha value is -3.39. The van der Waals surface area contributed by atoms with E-state index in [1.807, 2.05) is 36.6 Å². The van der Waals surface area contributed by atoms with Gasteiger partial charge in [0.05, 0.1) is 17.1 Å². The van der Waals surface area contributed by atoms with Crippen LogP contribution in [-0.2, 0) is 9.84 Å². The molecule has 1 aliphatic rings. The number of ketones is 1. The number of hydrogen-bond donors (Lipinski definition) is 1. The summed E-state index contributed by atoms with van der Waals surface area (Å²) in [5.74, 6) is 0.0219. The van der Waals surface area contributed by atoms with Crippen molar-refractivity contribution in [2.75, 3.05) is 23.4 Å². The van der Waals surface area contributed by atoms with Gasteiger partial charge in [-0.05, 0) is 50.6 Å². The number of anilines is 1. The SMILES string of the molecule is Cc1cc(C(=O)COc2ccccc2C(=O)Nc2ccccc2)c(C)n1C1CCS(=O)(=O)C1. The third-order valence-electron chi connectivity index (χ3n) is 5.88. The van der Waals surface area contributed by atoms with Crippen LogP contribution >= 0.6 is 0 Å². The molecule has 1 atom stereocenters. The molecule has 2 heterocycles. The maximum atomic E-state index is 13.0. The van der Waals surface area contributed by atoms with Gasteiger partial charge in [-0.15, -0.1) is 0 Å². The van der Waals surface area contributed by atoms with Crippen LogP contribution < -0.4 is 10.1 Å². The van der Waals surface area contributed by atoms with Gasteiger partial charge in [-0.2, -0.15) is 0 Å². The molecule has 4 rings (SSSR count). The Morgan fingerprint density at radius 2 is 1.73 bits per heavy atom. The average Bonchev–Trinajstić information content (AvgIpc) is 3.30. The standard InChI is InChI=1S/C25H26N2O5S/c1-17-14-22(18(2)27(17)20-12-13-33(30,31)16-20)23(28)15-32-24-11-7-6-10-21(24)25(29)26-19-8-4-3-5-9-19/h3-11,14,20H,12-13,15-16H2,1-2H3,(H,26,29). The second kappa shape index (κ2) is 9.23. The first-order chi connectivity index (χ1) is 15.7. The number of aryl methyl sites for hydroxylation is 1. The molecule has 0 aliphatic carbocycles. The number of carbonyl (C=O) groups is 2. The van der Waals surface area contributed by atoms with Crippen molar-refractivity contribution in [3.63, 3.8) is 0 Å². The van der Waals surface area contributed by atoms with Crippen LogP contribution in [0.4, 0.5) is 5.69 Å². The lowest BCUT2D eigenvalue weighted by atomic mass is 10.1. The van der Waals surface area contributed by atoms with Gasteiger partial charge >= 0.3 is 0 Å². The molecular formula is C25H26N2O5S.